The molecule has 0 radical (unpaired) electrons. The second-order valence-corrected chi connectivity index (χ2v) is 7.38. The Kier molecular flexibility index (Phi) is 4.99. The lowest BCUT2D eigenvalue weighted by Crippen LogP contribution is -2.35. The van der Waals surface area contributed by atoms with Crippen molar-refractivity contribution >= 4 is 17.3 Å². The molecule has 0 saturated carbocycles. The van der Waals surface area contributed by atoms with Crippen molar-refractivity contribution in [2.45, 2.75) is 25.3 Å². The molecular formula is C20H22ClN5O. The molecule has 0 N–H and O–H groups in total. The maximum atomic E-state index is 12.7. The number of benzene rings is 1. The fourth-order valence-corrected chi connectivity index (χ4v) is 3.92. The van der Waals surface area contributed by atoms with Crippen LogP contribution in [0.2, 0.25) is 5.02 Å². The van der Waals surface area contributed by atoms with Crippen molar-refractivity contribution in [1.29, 1.82) is 0 Å². The van der Waals surface area contributed by atoms with Gasteiger partial charge in [0.15, 0.2) is 0 Å². The van der Waals surface area contributed by atoms with Gasteiger partial charge in [0.05, 0.1) is 24.6 Å². The van der Waals surface area contributed by atoms with Crippen LogP contribution in [0, 0.1) is 0 Å². The molecule has 1 saturated heterocycles. The Labute approximate surface area is 163 Å². The van der Waals surface area contributed by atoms with Crippen LogP contribution in [0.5, 0.6) is 0 Å². The summed E-state index contributed by atoms with van der Waals surface area (Å²) >= 11 is 6.43. The van der Waals surface area contributed by atoms with Gasteiger partial charge in [0.25, 0.3) is 5.56 Å². The zero-order valence-corrected chi connectivity index (χ0v) is 16.0. The van der Waals surface area contributed by atoms with Gasteiger partial charge in [0, 0.05) is 26.3 Å². The molecule has 6 nitrogen and oxygen atoms in total. The van der Waals surface area contributed by atoms with E-state index in [9.17, 15) is 4.79 Å². The van der Waals surface area contributed by atoms with Crippen LogP contribution in [-0.2, 0) is 13.6 Å². The lowest BCUT2D eigenvalue weighted by molar-refractivity contribution is 0.503. The Hall–Kier alpha value is -2.60. The van der Waals surface area contributed by atoms with Crippen LogP contribution in [0.4, 0.5) is 5.69 Å². The van der Waals surface area contributed by atoms with E-state index in [2.05, 4.69) is 21.3 Å². The highest BCUT2D eigenvalue weighted by Gasteiger charge is 2.24. The highest BCUT2D eigenvalue weighted by atomic mass is 35.5. The Morgan fingerprint density at radius 3 is 2.52 bits per heavy atom. The van der Waals surface area contributed by atoms with E-state index in [1.54, 1.807) is 6.20 Å². The van der Waals surface area contributed by atoms with E-state index < -0.39 is 0 Å². The van der Waals surface area contributed by atoms with E-state index in [0.717, 1.165) is 37.2 Å². The SMILES string of the molecule is Cn1cc(C2CCN(c3cnn(Cc4ccccc4)c(=O)c3Cl)CC2)cn1. The minimum Gasteiger partial charge on any atom is -0.369 e. The zero-order valence-electron chi connectivity index (χ0n) is 15.3. The maximum Gasteiger partial charge on any atom is 0.287 e. The first-order valence-electron chi connectivity index (χ1n) is 9.15. The summed E-state index contributed by atoms with van der Waals surface area (Å²) in [6.07, 6.45) is 7.76. The van der Waals surface area contributed by atoms with Crippen molar-refractivity contribution in [3.8, 4) is 0 Å². The van der Waals surface area contributed by atoms with Gasteiger partial charge in [-0.25, -0.2) is 4.68 Å². The first kappa shape index (κ1) is 17.8. The smallest absolute Gasteiger partial charge is 0.287 e. The first-order chi connectivity index (χ1) is 13.1. The fraction of sp³-hybridized carbons (Fsp3) is 0.350. The van der Waals surface area contributed by atoms with Gasteiger partial charge in [0.1, 0.15) is 5.02 Å². The molecule has 27 heavy (non-hydrogen) atoms. The third kappa shape index (κ3) is 3.76. The van der Waals surface area contributed by atoms with Gasteiger partial charge in [-0.15, -0.1) is 0 Å². The van der Waals surface area contributed by atoms with Crippen LogP contribution >= 0.6 is 11.6 Å². The Balaban J connectivity index is 1.48. The summed E-state index contributed by atoms with van der Waals surface area (Å²) in [7, 11) is 1.94. The van der Waals surface area contributed by atoms with E-state index in [1.807, 2.05) is 48.3 Å². The van der Waals surface area contributed by atoms with Crippen LogP contribution in [0.25, 0.3) is 0 Å². The Morgan fingerprint density at radius 2 is 1.85 bits per heavy atom. The highest BCUT2D eigenvalue weighted by Crippen LogP contribution is 2.31. The topological polar surface area (TPSA) is 56.0 Å². The second-order valence-electron chi connectivity index (χ2n) is 7.00. The van der Waals surface area contributed by atoms with Crippen molar-refractivity contribution in [3.05, 3.63) is 75.4 Å². The van der Waals surface area contributed by atoms with E-state index in [-0.39, 0.29) is 10.6 Å². The molecule has 140 valence electrons. The average molecular weight is 384 g/mol. The van der Waals surface area contributed by atoms with E-state index >= 15 is 0 Å². The quantitative estimate of drug-likeness (QED) is 0.694. The summed E-state index contributed by atoms with van der Waals surface area (Å²) in [6, 6.07) is 9.79. The Bertz CT molecular complexity index is 974. The lowest BCUT2D eigenvalue weighted by Gasteiger charge is -2.33. The number of rotatable bonds is 4. The highest BCUT2D eigenvalue weighted by molar-refractivity contribution is 6.33. The van der Waals surface area contributed by atoms with Gasteiger partial charge >= 0.3 is 0 Å². The van der Waals surface area contributed by atoms with Crippen molar-refractivity contribution < 1.29 is 0 Å². The van der Waals surface area contributed by atoms with Crippen molar-refractivity contribution in [1.82, 2.24) is 19.6 Å². The van der Waals surface area contributed by atoms with Crippen LogP contribution in [0.3, 0.4) is 0 Å². The standard InChI is InChI=1S/C20H22ClN5O/c1-24-14-17(11-22-24)16-7-9-25(10-8-16)18-12-23-26(20(27)19(18)21)13-15-5-3-2-4-6-15/h2-6,11-12,14,16H,7-10,13H2,1H3. The van der Waals surface area contributed by atoms with Gasteiger partial charge in [0.2, 0.25) is 0 Å². The fourth-order valence-electron chi connectivity index (χ4n) is 3.65. The molecule has 1 aromatic carbocycles. The largest absolute Gasteiger partial charge is 0.369 e. The number of hydrogen-bond donors (Lipinski definition) is 0. The molecule has 0 aliphatic carbocycles. The number of aryl methyl sites for hydroxylation is 1. The van der Waals surface area contributed by atoms with Crippen molar-refractivity contribution in [2.75, 3.05) is 18.0 Å². The molecule has 1 aliphatic heterocycles. The summed E-state index contributed by atoms with van der Waals surface area (Å²) in [5.74, 6) is 0.500. The van der Waals surface area contributed by atoms with Gasteiger partial charge in [-0.2, -0.15) is 10.2 Å². The molecule has 2 aromatic heterocycles. The number of hydrogen-bond acceptors (Lipinski definition) is 4. The van der Waals surface area contributed by atoms with Crippen LogP contribution < -0.4 is 10.5 Å². The second kappa shape index (κ2) is 7.56. The average Bonchev–Trinajstić information content (AvgIpc) is 3.13. The third-order valence-corrected chi connectivity index (χ3v) is 5.53. The van der Waals surface area contributed by atoms with Crippen LogP contribution in [0.15, 0.2) is 53.7 Å². The molecule has 0 spiro atoms. The summed E-state index contributed by atoms with van der Waals surface area (Å²) in [6.45, 7) is 2.12. The van der Waals surface area contributed by atoms with Gasteiger partial charge in [-0.1, -0.05) is 41.9 Å². The van der Waals surface area contributed by atoms with E-state index in [1.165, 1.54) is 10.2 Å². The summed E-state index contributed by atoms with van der Waals surface area (Å²) in [4.78, 5) is 14.8. The molecule has 1 aliphatic rings. The van der Waals surface area contributed by atoms with Gasteiger partial charge < -0.3 is 4.90 Å². The van der Waals surface area contributed by atoms with Crippen molar-refractivity contribution in [2.24, 2.45) is 7.05 Å². The third-order valence-electron chi connectivity index (χ3n) is 5.17. The first-order valence-corrected chi connectivity index (χ1v) is 9.52. The monoisotopic (exact) mass is 383 g/mol. The predicted molar refractivity (Wildman–Crippen MR) is 106 cm³/mol. The summed E-state index contributed by atoms with van der Waals surface area (Å²) in [5.41, 5.74) is 2.79. The molecule has 0 bridgehead atoms. The molecule has 4 rings (SSSR count). The summed E-state index contributed by atoms with van der Waals surface area (Å²) in [5, 5.41) is 8.87. The molecule has 7 heteroatoms. The Morgan fingerprint density at radius 1 is 1.11 bits per heavy atom. The number of nitrogens with zero attached hydrogens (tertiary/aromatic N) is 5. The number of halogens is 1. The number of aromatic nitrogens is 4. The van der Waals surface area contributed by atoms with E-state index in [4.69, 9.17) is 11.6 Å². The minimum atomic E-state index is -0.243. The minimum absolute atomic E-state index is 0.243. The summed E-state index contributed by atoms with van der Waals surface area (Å²) < 4.78 is 3.26. The normalized spacial score (nSPS) is 15.3. The molecule has 3 heterocycles. The van der Waals surface area contributed by atoms with Gasteiger partial charge in [-0.05, 0) is 29.9 Å². The van der Waals surface area contributed by atoms with Gasteiger partial charge in [-0.3, -0.25) is 9.48 Å². The number of piperidine rings is 1. The number of anilines is 1. The molecule has 0 amide bonds. The lowest BCUT2D eigenvalue weighted by atomic mass is 9.91. The van der Waals surface area contributed by atoms with Crippen molar-refractivity contribution in [3.63, 3.8) is 0 Å². The molecular weight excluding hydrogens is 362 g/mol. The molecule has 3 aromatic rings. The van der Waals surface area contributed by atoms with E-state index in [0.29, 0.717) is 12.5 Å². The zero-order chi connectivity index (χ0) is 18.8. The van der Waals surface area contributed by atoms with Crippen LogP contribution in [0.1, 0.15) is 29.9 Å². The maximum absolute atomic E-state index is 12.7. The predicted octanol–water partition coefficient (Wildman–Crippen LogP) is 3.06. The molecule has 0 unspecified atom stereocenters. The molecule has 1 fully saturated rings. The van der Waals surface area contributed by atoms with Crippen LogP contribution in [-0.4, -0.2) is 32.7 Å². The molecule has 0 atom stereocenters.